The van der Waals surface area contributed by atoms with Crippen LogP contribution in [0.25, 0.3) is 16.7 Å². The predicted molar refractivity (Wildman–Crippen MR) is 119 cm³/mol. The van der Waals surface area contributed by atoms with E-state index in [9.17, 15) is 4.79 Å². The van der Waals surface area contributed by atoms with Crippen LogP contribution in [0.4, 0.5) is 0 Å². The molecular weight excluding hydrogens is 410 g/mol. The summed E-state index contributed by atoms with van der Waals surface area (Å²) in [4.78, 5) is 33.1. The van der Waals surface area contributed by atoms with Crippen LogP contribution in [-0.4, -0.2) is 59.8 Å². The second-order valence-electron chi connectivity index (χ2n) is 7.91. The zero-order valence-corrected chi connectivity index (χ0v) is 17.6. The van der Waals surface area contributed by atoms with Crippen LogP contribution in [-0.2, 0) is 19.1 Å². The smallest absolute Gasteiger partial charge is 0.414 e. The number of carbonyl (C=O) groups excluding carboxylic acids is 1. The molecule has 0 radical (unpaired) electrons. The summed E-state index contributed by atoms with van der Waals surface area (Å²) in [5.74, 6) is -3.85. The van der Waals surface area contributed by atoms with Gasteiger partial charge in [-0.25, -0.2) is 14.4 Å². The van der Waals surface area contributed by atoms with E-state index in [2.05, 4.69) is 54.4 Å². The van der Waals surface area contributed by atoms with Crippen molar-refractivity contribution < 1.29 is 29.3 Å². The van der Waals surface area contributed by atoms with Crippen molar-refractivity contribution in [1.82, 2.24) is 4.90 Å². The molecule has 0 saturated carbocycles. The van der Waals surface area contributed by atoms with E-state index >= 15 is 0 Å². The second-order valence-corrected chi connectivity index (χ2v) is 7.91. The SMILES string of the molecule is CN1CCC(=C2c3ccccc3C3=C(C(=O)OC3)c3ccccc32)CC1.O=C(O)C(=O)O. The molecular formula is C25H23NO6. The van der Waals surface area contributed by atoms with Gasteiger partial charge in [0.2, 0.25) is 0 Å². The van der Waals surface area contributed by atoms with Crippen LogP contribution in [0.15, 0.2) is 54.1 Å². The first-order valence-corrected chi connectivity index (χ1v) is 10.3. The van der Waals surface area contributed by atoms with Crippen LogP contribution in [0.3, 0.4) is 0 Å². The van der Waals surface area contributed by atoms with E-state index in [4.69, 9.17) is 24.5 Å². The summed E-state index contributed by atoms with van der Waals surface area (Å²) in [6, 6.07) is 16.8. The van der Waals surface area contributed by atoms with Gasteiger partial charge in [-0.15, -0.1) is 0 Å². The van der Waals surface area contributed by atoms with Crippen LogP contribution < -0.4 is 0 Å². The third kappa shape index (κ3) is 3.94. The first kappa shape index (κ1) is 21.5. The van der Waals surface area contributed by atoms with Gasteiger partial charge >= 0.3 is 17.9 Å². The van der Waals surface area contributed by atoms with E-state index in [1.165, 1.54) is 22.3 Å². The Balaban J connectivity index is 0.000000363. The number of esters is 1. The summed E-state index contributed by atoms with van der Waals surface area (Å²) in [6.07, 6.45) is 2.15. The second kappa shape index (κ2) is 8.80. The van der Waals surface area contributed by atoms with Gasteiger partial charge in [-0.1, -0.05) is 54.1 Å². The molecule has 2 aromatic rings. The lowest BCUT2D eigenvalue weighted by Gasteiger charge is -2.27. The summed E-state index contributed by atoms with van der Waals surface area (Å²) >= 11 is 0. The first-order valence-electron chi connectivity index (χ1n) is 10.3. The van der Waals surface area contributed by atoms with Crippen LogP contribution >= 0.6 is 0 Å². The Labute approximate surface area is 185 Å². The molecule has 5 rings (SSSR count). The Morgan fingerprint density at radius 3 is 1.81 bits per heavy atom. The Bertz CT molecular complexity index is 1150. The number of carboxylic acid groups (broad SMARTS) is 2. The number of aliphatic carboxylic acids is 2. The monoisotopic (exact) mass is 433 g/mol. The van der Waals surface area contributed by atoms with Crippen molar-refractivity contribution in [1.29, 1.82) is 0 Å². The van der Waals surface area contributed by atoms with Crippen molar-refractivity contribution in [2.45, 2.75) is 12.8 Å². The van der Waals surface area contributed by atoms with Crippen LogP contribution in [0.2, 0.25) is 0 Å². The zero-order chi connectivity index (χ0) is 22.8. The lowest BCUT2D eigenvalue weighted by Crippen LogP contribution is -2.27. The lowest BCUT2D eigenvalue weighted by atomic mass is 9.85. The summed E-state index contributed by atoms with van der Waals surface area (Å²) in [7, 11) is 2.18. The lowest BCUT2D eigenvalue weighted by molar-refractivity contribution is -0.159. The maximum atomic E-state index is 12.6. The number of ether oxygens (including phenoxy) is 1. The maximum absolute atomic E-state index is 12.6. The molecule has 1 fully saturated rings. The number of benzene rings is 2. The van der Waals surface area contributed by atoms with Gasteiger partial charge in [-0.2, -0.15) is 0 Å². The van der Waals surface area contributed by atoms with Gasteiger partial charge in [0.1, 0.15) is 6.61 Å². The Kier molecular flexibility index (Phi) is 5.92. The van der Waals surface area contributed by atoms with Crippen LogP contribution in [0.5, 0.6) is 0 Å². The third-order valence-corrected chi connectivity index (χ3v) is 5.97. The summed E-state index contributed by atoms with van der Waals surface area (Å²) < 4.78 is 5.43. The topological polar surface area (TPSA) is 104 Å². The molecule has 7 heteroatoms. The quantitative estimate of drug-likeness (QED) is 0.486. The van der Waals surface area contributed by atoms with E-state index in [0.29, 0.717) is 6.61 Å². The van der Waals surface area contributed by atoms with Crippen molar-refractivity contribution in [3.8, 4) is 0 Å². The zero-order valence-electron chi connectivity index (χ0n) is 17.6. The molecule has 7 nitrogen and oxygen atoms in total. The summed E-state index contributed by atoms with van der Waals surface area (Å²) in [5, 5.41) is 14.8. The average Bonchev–Trinajstić information content (AvgIpc) is 3.11. The number of hydrogen-bond acceptors (Lipinski definition) is 5. The number of likely N-dealkylation sites (tertiary alicyclic amines) is 1. The fourth-order valence-electron chi connectivity index (χ4n) is 4.44. The van der Waals surface area contributed by atoms with Gasteiger partial charge in [-0.3, -0.25) is 0 Å². The van der Waals surface area contributed by atoms with Crippen molar-refractivity contribution in [3.05, 3.63) is 76.4 Å². The minimum Gasteiger partial charge on any atom is -0.473 e. The number of cyclic esters (lactones) is 1. The molecule has 1 saturated heterocycles. The molecule has 164 valence electrons. The first-order chi connectivity index (χ1) is 15.4. The van der Waals surface area contributed by atoms with Crippen molar-refractivity contribution >= 4 is 34.6 Å². The molecule has 32 heavy (non-hydrogen) atoms. The minimum absolute atomic E-state index is 0.197. The fraction of sp³-hybridized carbons (Fsp3) is 0.240. The third-order valence-electron chi connectivity index (χ3n) is 5.97. The largest absolute Gasteiger partial charge is 0.473 e. The molecule has 0 bridgehead atoms. The number of hydrogen-bond donors (Lipinski definition) is 2. The van der Waals surface area contributed by atoms with E-state index in [-0.39, 0.29) is 5.97 Å². The molecule has 0 amide bonds. The summed E-state index contributed by atoms with van der Waals surface area (Å²) in [6.45, 7) is 2.53. The van der Waals surface area contributed by atoms with E-state index < -0.39 is 11.9 Å². The molecule has 0 aromatic heterocycles. The molecule has 0 spiro atoms. The van der Waals surface area contributed by atoms with Gasteiger partial charge in [0.15, 0.2) is 0 Å². The van der Waals surface area contributed by atoms with Crippen molar-refractivity contribution in [2.24, 2.45) is 0 Å². The number of rotatable bonds is 0. The molecule has 2 N–H and O–H groups in total. The molecule has 2 aliphatic heterocycles. The van der Waals surface area contributed by atoms with E-state index in [0.717, 1.165) is 48.2 Å². The number of nitrogens with zero attached hydrogens (tertiary/aromatic N) is 1. The van der Waals surface area contributed by atoms with E-state index in [1.807, 2.05) is 6.07 Å². The Hall–Kier alpha value is -3.71. The van der Waals surface area contributed by atoms with Gasteiger partial charge in [0.25, 0.3) is 0 Å². The number of carbonyl (C=O) groups is 3. The van der Waals surface area contributed by atoms with Gasteiger partial charge < -0.3 is 19.8 Å². The van der Waals surface area contributed by atoms with Gasteiger partial charge in [0, 0.05) is 18.7 Å². The highest BCUT2D eigenvalue weighted by atomic mass is 16.5. The van der Waals surface area contributed by atoms with Crippen LogP contribution in [0, 0.1) is 0 Å². The molecule has 0 atom stereocenters. The molecule has 3 aliphatic rings. The normalized spacial score (nSPS) is 17.3. The molecule has 0 unspecified atom stereocenters. The fourth-order valence-corrected chi connectivity index (χ4v) is 4.44. The average molecular weight is 433 g/mol. The highest BCUT2D eigenvalue weighted by Crippen LogP contribution is 2.46. The highest BCUT2D eigenvalue weighted by molar-refractivity contribution is 6.29. The van der Waals surface area contributed by atoms with E-state index in [1.54, 1.807) is 0 Å². The minimum atomic E-state index is -1.82. The van der Waals surface area contributed by atoms with Gasteiger partial charge in [-0.05, 0) is 47.7 Å². The van der Waals surface area contributed by atoms with Gasteiger partial charge in [0.05, 0.1) is 5.57 Å². The van der Waals surface area contributed by atoms with Crippen LogP contribution in [0.1, 0.15) is 35.1 Å². The Morgan fingerprint density at radius 1 is 0.812 bits per heavy atom. The number of fused-ring (bicyclic) bond motifs is 4. The standard InChI is InChI=1S/C23H21NO2.C2H2O4/c1-24-12-10-15(11-13-24)21-17-7-3-2-6-16(17)20-14-26-23(25)22(20)19-9-5-4-8-18(19)21;3-1(4)2(5)6/h2-9H,10-14H2,1H3;(H,3,4)(H,5,6). The van der Waals surface area contributed by atoms with Crippen molar-refractivity contribution in [2.75, 3.05) is 26.7 Å². The summed E-state index contributed by atoms with van der Waals surface area (Å²) in [5.41, 5.74) is 9.17. The van der Waals surface area contributed by atoms with Crippen molar-refractivity contribution in [3.63, 3.8) is 0 Å². The molecule has 2 heterocycles. The number of carboxylic acids is 2. The highest BCUT2D eigenvalue weighted by Gasteiger charge is 2.34. The Morgan fingerprint density at radius 2 is 1.28 bits per heavy atom. The molecule has 2 aromatic carbocycles. The predicted octanol–water partition coefficient (Wildman–Crippen LogP) is 3.15. The maximum Gasteiger partial charge on any atom is 0.414 e. The number of piperidine rings is 1. The molecule has 1 aliphatic carbocycles.